The Labute approximate surface area is 107 Å². The summed E-state index contributed by atoms with van der Waals surface area (Å²) in [4.78, 5) is 0. The predicted octanol–water partition coefficient (Wildman–Crippen LogP) is 2.60. The van der Waals surface area contributed by atoms with Crippen LogP contribution in [0.4, 0.5) is 4.39 Å². The van der Waals surface area contributed by atoms with Gasteiger partial charge in [-0.3, -0.25) is 4.68 Å². The maximum Gasteiger partial charge on any atom is 0.124 e. The third-order valence-corrected chi connectivity index (χ3v) is 3.24. The molecule has 3 nitrogen and oxygen atoms in total. The van der Waals surface area contributed by atoms with E-state index in [0.717, 1.165) is 5.56 Å². The predicted molar refractivity (Wildman–Crippen MR) is 66.0 cm³/mol. The van der Waals surface area contributed by atoms with E-state index in [2.05, 4.69) is 21.0 Å². The number of halogens is 2. The summed E-state index contributed by atoms with van der Waals surface area (Å²) in [5, 5.41) is 14.1. The molecule has 0 aliphatic carbocycles. The van der Waals surface area contributed by atoms with E-state index in [9.17, 15) is 9.50 Å². The third kappa shape index (κ3) is 2.92. The van der Waals surface area contributed by atoms with Gasteiger partial charge in [0.15, 0.2) is 0 Å². The molecule has 90 valence electrons. The number of hydrogen-bond acceptors (Lipinski definition) is 2. The normalized spacial score (nSPS) is 12.7. The van der Waals surface area contributed by atoms with E-state index in [0.29, 0.717) is 16.6 Å². The highest BCUT2D eigenvalue weighted by atomic mass is 79.9. The number of aromatic nitrogens is 2. The largest absolute Gasteiger partial charge is 0.386 e. The Bertz CT molecular complexity index is 527. The Morgan fingerprint density at radius 2 is 2.24 bits per heavy atom. The van der Waals surface area contributed by atoms with Gasteiger partial charge in [0.25, 0.3) is 0 Å². The lowest BCUT2D eigenvalue weighted by Crippen LogP contribution is -2.04. The molecule has 5 heteroatoms. The van der Waals surface area contributed by atoms with Crippen molar-refractivity contribution in [3.8, 4) is 0 Å². The zero-order valence-electron chi connectivity index (χ0n) is 9.27. The van der Waals surface area contributed by atoms with Crippen LogP contribution >= 0.6 is 15.9 Å². The minimum atomic E-state index is -0.682. The van der Waals surface area contributed by atoms with Crippen molar-refractivity contribution in [3.05, 3.63) is 52.0 Å². The lowest BCUT2D eigenvalue weighted by atomic mass is 10.1. The van der Waals surface area contributed by atoms with Crippen LogP contribution in [0.3, 0.4) is 0 Å². The van der Waals surface area contributed by atoms with Gasteiger partial charge in [0, 0.05) is 24.1 Å². The minimum Gasteiger partial charge on any atom is -0.386 e. The Morgan fingerprint density at radius 1 is 1.47 bits per heavy atom. The van der Waals surface area contributed by atoms with Crippen LogP contribution in [0.15, 0.2) is 34.9 Å². The fourth-order valence-electron chi connectivity index (χ4n) is 1.61. The standard InChI is InChI=1S/C12H12BrFN2O/c1-16-5-4-11(15-16)12(17)6-8-2-3-9(14)7-10(8)13/h2-5,7,12,17H,6H2,1H3. The molecule has 2 aromatic rings. The molecular weight excluding hydrogens is 287 g/mol. The summed E-state index contributed by atoms with van der Waals surface area (Å²) in [5.41, 5.74) is 1.47. The van der Waals surface area contributed by atoms with E-state index in [1.807, 2.05) is 0 Å². The van der Waals surface area contributed by atoms with Gasteiger partial charge in [0.1, 0.15) is 11.9 Å². The van der Waals surface area contributed by atoms with Crippen molar-refractivity contribution in [3.63, 3.8) is 0 Å². The molecule has 1 aromatic heterocycles. The SMILES string of the molecule is Cn1ccc(C(O)Cc2ccc(F)cc2Br)n1. The zero-order chi connectivity index (χ0) is 12.4. The summed E-state index contributed by atoms with van der Waals surface area (Å²) in [7, 11) is 1.80. The number of aliphatic hydroxyl groups excluding tert-OH is 1. The van der Waals surface area contributed by atoms with Crippen molar-refractivity contribution < 1.29 is 9.50 Å². The molecule has 0 spiro atoms. The summed E-state index contributed by atoms with van der Waals surface area (Å²) in [6, 6.07) is 6.19. The van der Waals surface area contributed by atoms with Gasteiger partial charge in [0.2, 0.25) is 0 Å². The van der Waals surface area contributed by atoms with Crippen molar-refractivity contribution in [1.29, 1.82) is 0 Å². The Balaban J connectivity index is 2.15. The molecule has 1 N–H and O–H groups in total. The van der Waals surface area contributed by atoms with Crippen LogP contribution in [0.25, 0.3) is 0 Å². The van der Waals surface area contributed by atoms with E-state index in [-0.39, 0.29) is 5.82 Å². The third-order valence-electron chi connectivity index (χ3n) is 2.50. The summed E-state index contributed by atoms with van der Waals surface area (Å²) >= 11 is 3.28. The fraction of sp³-hybridized carbons (Fsp3) is 0.250. The summed E-state index contributed by atoms with van der Waals surface area (Å²) in [5.74, 6) is -0.298. The molecule has 0 bridgehead atoms. The van der Waals surface area contributed by atoms with E-state index in [1.54, 1.807) is 30.1 Å². The van der Waals surface area contributed by atoms with Crippen molar-refractivity contribution in [2.75, 3.05) is 0 Å². The molecule has 0 radical (unpaired) electrons. The zero-order valence-corrected chi connectivity index (χ0v) is 10.9. The molecule has 0 saturated heterocycles. The first-order valence-corrected chi connectivity index (χ1v) is 5.97. The average molecular weight is 299 g/mol. The van der Waals surface area contributed by atoms with Gasteiger partial charge >= 0.3 is 0 Å². The Morgan fingerprint density at radius 3 is 2.82 bits per heavy atom. The van der Waals surface area contributed by atoms with E-state index < -0.39 is 6.10 Å². The molecule has 0 aliphatic rings. The summed E-state index contributed by atoms with van der Waals surface area (Å²) < 4.78 is 15.2. The smallest absolute Gasteiger partial charge is 0.124 e. The number of hydrogen-bond donors (Lipinski definition) is 1. The Kier molecular flexibility index (Phi) is 3.59. The molecule has 2 rings (SSSR count). The number of aryl methyl sites for hydroxylation is 1. The molecule has 1 atom stereocenters. The first-order chi connectivity index (χ1) is 8.06. The van der Waals surface area contributed by atoms with Crippen LogP contribution in [-0.4, -0.2) is 14.9 Å². The maximum atomic E-state index is 12.9. The highest BCUT2D eigenvalue weighted by Crippen LogP contribution is 2.23. The molecular formula is C12H12BrFN2O. The minimum absolute atomic E-state index is 0.298. The van der Waals surface area contributed by atoms with Crippen LogP contribution in [0.1, 0.15) is 17.4 Å². The van der Waals surface area contributed by atoms with Gasteiger partial charge in [-0.2, -0.15) is 5.10 Å². The van der Waals surface area contributed by atoms with Gasteiger partial charge in [-0.15, -0.1) is 0 Å². The second kappa shape index (κ2) is 4.98. The van der Waals surface area contributed by atoms with Gasteiger partial charge in [0.05, 0.1) is 5.69 Å². The van der Waals surface area contributed by atoms with Crippen LogP contribution in [0.2, 0.25) is 0 Å². The van der Waals surface area contributed by atoms with Gasteiger partial charge < -0.3 is 5.11 Å². The summed E-state index contributed by atoms with van der Waals surface area (Å²) in [6.45, 7) is 0. The van der Waals surface area contributed by atoms with Crippen molar-refractivity contribution in [2.24, 2.45) is 7.05 Å². The second-order valence-electron chi connectivity index (χ2n) is 3.87. The fourth-order valence-corrected chi connectivity index (χ4v) is 2.12. The number of nitrogens with zero attached hydrogens (tertiary/aromatic N) is 2. The van der Waals surface area contributed by atoms with Crippen LogP contribution < -0.4 is 0 Å². The molecule has 0 saturated carbocycles. The van der Waals surface area contributed by atoms with Gasteiger partial charge in [-0.25, -0.2) is 4.39 Å². The van der Waals surface area contributed by atoms with Crippen LogP contribution in [0, 0.1) is 5.82 Å². The second-order valence-corrected chi connectivity index (χ2v) is 4.72. The first kappa shape index (κ1) is 12.3. The number of aliphatic hydroxyl groups is 1. The quantitative estimate of drug-likeness (QED) is 0.946. The summed E-state index contributed by atoms with van der Waals surface area (Å²) in [6.07, 6.45) is 1.49. The average Bonchev–Trinajstić information content (AvgIpc) is 2.69. The molecule has 1 heterocycles. The highest BCUT2D eigenvalue weighted by molar-refractivity contribution is 9.10. The van der Waals surface area contributed by atoms with Crippen molar-refractivity contribution in [1.82, 2.24) is 9.78 Å². The highest BCUT2D eigenvalue weighted by Gasteiger charge is 2.13. The monoisotopic (exact) mass is 298 g/mol. The van der Waals surface area contributed by atoms with Crippen LogP contribution in [-0.2, 0) is 13.5 Å². The molecule has 1 unspecified atom stereocenters. The molecule has 0 fully saturated rings. The van der Waals surface area contributed by atoms with Crippen molar-refractivity contribution >= 4 is 15.9 Å². The number of benzene rings is 1. The Hall–Kier alpha value is -1.20. The molecule has 0 amide bonds. The van der Waals surface area contributed by atoms with E-state index in [4.69, 9.17) is 0 Å². The molecule has 0 aliphatic heterocycles. The van der Waals surface area contributed by atoms with Crippen molar-refractivity contribution in [2.45, 2.75) is 12.5 Å². The van der Waals surface area contributed by atoms with Gasteiger partial charge in [-0.05, 0) is 23.8 Å². The maximum absolute atomic E-state index is 12.9. The van der Waals surface area contributed by atoms with E-state index in [1.165, 1.54) is 12.1 Å². The van der Waals surface area contributed by atoms with Crippen LogP contribution in [0.5, 0.6) is 0 Å². The number of rotatable bonds is 3. The lowest BCUT2D eigenvalue weighted by Gasteiger charge is -2.09. The van der Waals surface area contributed by atoms with Gasteiger partial charge in [-0.1, -0.05) is 22.0 Å². The molecule has 1 aromatic carbocycles. The lowest BCUT2D eigenvalue weighted by molar-refractivity contribution is 0.172. The first-order valence-electron chi connectivity index (χ1n) is 5.18. The van der Waals surface area contributed by atoms with E-state index >= 15 is 0 Å². The molecule has 17 heavy (non-hydrogen) atoms. The topological polar surface area (TPSA) is 38.0 Å².